The number of hydrogen-bond acceptors (Lipinski definition) is 5. The lowest BCUT2D eigenvalue weighted by Crippen LogP contribution is -2.22. The minimum Gasteiger partial charge on any atom is -0.478 e. The zero-order valence-electron chi connectivity index (χ0n) is 19.8. The van der Waals surface area contributed by atoms with Gasteiger partial charge in [-0.1, -0.05) is 24.3 Å². The van der Waals surface area contributed by atoms with Gasteiger partial charge in [-0.2, -0.15) is 23.0 Å². The summed E-state index contributed by atoms with van der Waals surface area (Å²) >= 11 is 0. The Morgan fingerprint density at radius 1 is 1.05 bits per heavy atom. The number of halogens is 4. The van der Waals surface area contributed by atoms with E-state index >= 15 is 4.39 Å². The van der Waals surface area contributed by atoms with Crippen molar-refractivity contribution in [1.82, 2.24) is 20.4 Å². The predicted octanol–water partition coefficient (Wildman–Crippen LogP) is 4.44. The third-order valence-corrected chi connectivity index (χ3v) is 6.27. The average molecular weight is 540 g/mol. The van der Waals surface area contributed by atoms with E-state index in [2.05, 4.69) is 15.7 Å². The molecule has 1 aliphatic rings. The Kier molecular flexibility index (Phi) is 5.93. The van der Waals surface area contributed by atoms with Crippen molar-refractivity contribution >= 4 is 34.7 Å². The fourth-order valence-corrected chi connectivity index (χ4v) is 4.45. The lowest BCUT2D eigenvalue weighted by Gasteiger charge is -2.15. The number of carboxylic acids is 1. The van der Waals surface area contributed by atoms with E-state index in [0.29, 0.717) is 4.68 Å². The molecule has 0 radical (unpaired) electrons. The zero-order valence-corrected chi connectivity index (χ0v) is 19.8. The van der Waals surface area contributed by atoms with E-state index in [1.807, 2.05) is 0 Å². The van der Waals surface area contributed by atoms with E-state index < -0.39 is 53.0 Å². The normalized spacial score (nSPS) is 15.4. The Labute approximate surface area is 216 Å². The van der Waals surface area contributed by atoms with Gasteiger partial charge in [0, 0.05) is 10.9 Å². The van der Waals surface area contributed by atoms with Crippen molar-refractivity contribution in [3.05, 3.63) is 88.2 Å². The number of alkyl halides is 3. The number of aryl methyl sites for hydroxylation is 1. The molecule has 0 spiro atoms. The van der Waals surface area contributed by atoms with Crippen molar-refractivity contribution in [2.45, 2.75) is 19.1 Å². The predicted molar refractivity (Wildman–Crippen MR) is 127 cm³/mol. The lowest BCUT2D eigenvalue weighted by molar-refractivity contribution is -0.138. The van der Waals surface area contributed by atoms with Crippen LogP contribution in [-0.4, -0.2) is 38.7 Å². The molecule has 1 aliphatic heterocycles. The molecule has 1 fully saturated rings. The van der Waals surface area contributed by atoms with Crippen LogP contribution in [0.25, 0.3) is 22.2 Å². The van der Waals surface area contributed by atoms with Crippen molar-refractivity contribution < 1.29 is 41.8 Å². The highest BCUT2D eigenvalue weighted by atomic mass is 19.4. The summed E-state index contributed by atoms with van der Waals surface area (Å²) in [6, 6.07) is 8.38. The highest BCUT2D eigenvalue weighted by Crippen LogP contribution is 2.36. The van der Waals surface area contributed by atoms with Gasteiger partial charge in [0.1, 0.15) is 17.6 Å². The number of urea groups is 1. The second-order valence-electron chi connectivity index (χ2n) is 8.73. The maximum Gasteiger partial charge on any atom is 0.417 e. The second-order valence-corrected chi connectivity index (χ2v) is 8.73. The molecular weight excluding hydrogens is 524 g/mol. The largest absolute Gasteiger partial charge is 0.478 e. The van der Waals surface area contributed by atoms with Crippen LogP contribution in [0.3, 0.4) is 0 Å². The van der Waals surface area contributed by atoms with Gasteiger partial charge in [-0.3, -0.25) is 14.9 Å². The molecule has 0 aliphatic carbocycles. The molecule has 2 heterocycles. The molecule has 0 bridgehead atoms. The third kappa shape index (κ3) is 4.37. The molecular formula is C26H16F4N4O5. The number of carboxylic acid groups (broad SMARTS) is 1. The molecule has 3 N–H and O–H groups in total. The molecule has 3 aromatic carbocycles. The first kappa shape index (κ1) is 25.6. The highest BCUT2D eigenvalue weighted by molar-refractivity contribution is 6.08. The fourth-order valence-electron chi connectivity index (χ4n) is 4.45. The van der Waals surface area contributed by atoms with Crippen molar-refractivity contribution in [2.24, 2.45) is 0 Å². The number of carbonyl (C=O) groups is 4. The fraction of sp³-hybridized carbons (Fsp3) is 0.115. The van der Waals surface area contributed by atoms with E-state index in [4.69, 9.17) is 5.11 Å². The van der Waals surface area contributed by atoms with E-state index in [1.165, 1.54) is 31.2 Å². The number of aromatic nitrogens is 2. The number of amides is 3. The van der Waals surface area contributed by atoms with Crippen LogP contribution in [0.5, 0.6) is 0 Å². The van der Waals surface area contributed by atoms with E-state index in [0.717, 1.165) is 30.3 Å². The van der Waals surface area contributed by atoms with E-state index in [-0.39, 0.29) is 38.9 Å². The van der Waals surface area contributed by atoms with Crippen molar-refractivity contribution in [1.29, 1.82) is 0 Å². The summed E-state index contributed by atoms with van der Waals surface area (Å²) in [6.45, 7) is 1.32. The van der Waals surface area contributed by atoms with Gasteiger partial charge in [-0.05, 0) is 48.4 Å². The molecule has 9 nitrogen and oxygen atoms in total. The summed E-state index contributed by atoms with van der Waals surface area (Å²) < 4.78 is 57.2. The number of hydrogen-bond donors (Lipinski definition) is 3. The zero-order chi connectivity index (χ0) is 28.2. The SMILES string of the molecule is Cc1cccc(C(F)(F)F)c1C(=O)n1nc(-c2ccc(C(=O)O)cc2F)c2ccc(C3NC(=O)NC3=O)cc21. The summed E-state index contributed by atoms with van der Waals surface area (Å²) in [6.07, 6.45) is -4.88. The number of aromatic carboxylic acids is 1. The van der Waals surface area contributed by atoms with Crippen LogP contribution in [0.1, 0.15) is 43.4 Å². The molecule has 1 unspecified atom stereocenters. The Morgan fingerprint density at radius 3 is 2.41 bits per heavy atom. The van der Waals surface area contributed by atoms with Crippen LogP contribution in [-0.2, 0) is 11.0 Å². The Hall–Kier alpha value is -5.07. The van der Waals surface area contributed by atoms with Gasteiger partial charge >= 0.3 is 18.2 Å². The van der Waals surface area contributed by atoms with E-state index in [1.54, 1.807) is 0 Å². The summed E-state index contributed by atoms with van der Waals surface area (Å²) in [4.78, 5) is 48.7. The number of benzene rings is 3. The molecule has 3 amide bonds. The highest BCUT2D eigenvalue weighted by Gasteiger charge is 2.37. The van der Waals surface area contributed by atoms with Gasteiger partial charge in [-0.25, -0.2) is 14.0 Å². The standard InChI is InChI=1S/C26H16F4N4O5/c1-11-3-2-4-16(26(28,29)30)19(11)23(36)34-18-10-12(20-22(35)32-25(39)31-20)5-8-15(18)21(33-34)14-7-6-13(24(37)38)9-17(14)27/h2-10,20H,1H3,(H,37,38)(H2,31,32,35,39). The lowest BCUT2D eigenvalue weighted by atomic mass is 10.00. The third-order valence-electron chi connectivity index (χ3n) is 6.27. The molecule has 4 aromatic rings. The van der Waals surface area contributed by atoms with Crippen molar-refractivity contribution in [3.63, 3.8) is 0 Å². The van der Waals surface area contributed by atoms with Gasteiger partial charge in [-0.15, -0.1) is 0 Å². The van der Waals surface area contributed by atoms with Gasteiger partial charge in [0.2, 0.25) is 0 Å². The molecule has 1 saturated heterocycles. The monoisotopic (exact) mass is 540 g/mol. The number of nitrogens with one attached hydrogen (secondary N) is 2. The quantitative estimate of drug-likeness (QED) is 0.259. The molecule has 1 atom stereocenters. The van der Waals surface area contributed by atoms with Crippen LogP contribution in [0, 0.1) is 12.7 Å². The first-order valence-corrected chi connectivity index (χ1v) is 11.3. The molecule has 39 heavy (non-hydrogen) atoms. The van der Waals surface area contributed by atoms with Gasteiger partial charge in [0.05, 0.1) is 22.2 Å². The van der Waals surface area contributed by atoms with Crippen LogP contribution in [0.15, 0.2) is 54.6 Å². The second kappa shape index (κ2) is 9.04. The Balaban J connectivity index is 1.76. The minimum absolute atomic E-state index is 0.00982. The van der Waals surface area contributed by atoms with E-state index in [9.17, 15) is 32.3 Å². The first-order chi connectivity index (χ1) is 18.4. The minimum atomic E-state index is -4.88. The number of imide groups is 1. The molecule has 1 aromatic heterocycles. The van der Waals surface area contributed by atoms with Crippen LogP contribution < -0.4 is 10.6 Å². The van der Waals surface area contributed by atoms with Crippen LogP contribution in [0.4, 0.5) is 22.4 Å². The molecule has 198 valence electrons. The van der Waals surface area contributed by atoms with Crippen LogP contribution in [0.2, 0.25) is 0 Å². The average Bonchev–Trinajstić information content (AvgIpc) is 3.41. The number of rotatable bonds is 4. The summed E-state index contributed by atoms with van der Waals surface area (Å²) in [5.74, 6) is -4.24. The number of carbonyl (C=O) groups excluding carboxylic acids is 3. The van der Waals surface area contributed by atoms with Crippen LogP contribution >= 0.6 is 0 Å². The smallest absolute Gasteiger partial charge is 0.417 e. The number of nitrogens with zero attached hydrogens (tertiary/aromatic N) is 2. The Bertz CT molecular complexity index is 1730. The summed E-state index contributed by atoms with van der Waals surface area (Å²) in [7, 11) is 0. The topological polar surface area (TPSA) is 130 Å². The number of fused-ring (bicyclic) bond motifs is 1. The summed E-state index contributed by atoms with van der Waals surface area (Å²) in [5.41, 5.74) is -2.47. The van der Waals surface area contributed by atoms with Crippen molar-refractivity contribution in [3.8, 4) is 11.3 Å². The summed E-state index contributed by atoms with van der Waals surface area (Å²) in [5, 5.41) is 17.9. The Morgan fingerprint density at radius 2 is 1.79 bits per heavy atom. The van der Waals surface area contributed by atoms with Gasteiger partial charge < -0.3 is 10.4 Å². The molecule has 13 heteroatoms. The molecule has 0 saturated carbocycles. The van der Waals surface area contributed by atoms with Crippen molar-refractivity contribution in [2.75, 3.05) is 0 Å². The maximum absolute atomic E-state index is 15.0. The molecule has 5 rings (SSSR count). The first-order valence-electron chi connectivity index (χ1n) is 11.3. The van der Waals surface area contributed by atoms with Gasteiger partial charge in [0.25, 0.3) is 11.8 Å². The maximum atomic E-state index is 15.0. The van der Waals surface area contributed by atoms with Gasteiger partial charge in [0.15, 0.2) is 0 Å².